The van der Waals surface area contributed by atoms with Crippen LogP contribution in [0.4, 0.5) is 4.39 Å². The van der Waals surface area contributed by atoms with Gasteiger partial charge in [-0.1, -0.05) is 20.8 Å². The minimum absolute atomic E-state index is 0.257. The van der Waals surface area contributed by atoms with Crippen molar-refractivity contribution in [1.29, 1.82) is 0 Å². The van der Waals surface area contributed by atoms with Crippen molar-refractivity contribution in [3.05, 3.63) is 42.0 Å². The Bertz CT molecular complexity index is 540. The van der Waals surface area contributed by atoms with Crippen molar-refractivity contribution in [3.8, 4) is 11.5 Å². The van der Waals surface area contributed by atoms with E-state index >= 15 is 0 Å². The van der Waals surface area contributed by atoms with Gasteiger partial charge in [0.15, 0.2) is 0 Å². The Morgan fingerprint density at radius 2 is 1.90 bits per heavy atom. The van der Waals surface area contributed by atoms with Gasteiger partial charge in [-0.25, -0.2) is 9.37 Å². The molecule has 0 atom stereocenters. The van der Waals surface area contributed by atoms with Crippen LogP contribution < -0.4 is 5.32 Å². The summed E-state index contributed by atoms with van der Waals surface area (Å²) < 4.78 is 18.3. The normalized spacial score (nSPS) is 11.8. The minimum Gasteiger partial charge on any atom is -0.444 e. The highest BCUT2D eigenvalue weighted by atomic mass is 19.1. The molecule has 0 aliphatic carbocycles. The summed E-state index contributed by atoms with van der Waals surface area (Å²) in [5.41, 5.74) is 1.98. The fourth-order valence-corrected chi connectivity index (χ4v) is 1.83. The van der Waals surface area contributed by atoms with E-state index in [1.54, 1.807) is 18.4 Å². The highest BCUT2D eigenvalue weighted by molar-refractivity contribution is 5.52. The summed E-state index contributed by atoms with van der Waals surface area (Å²) in [6.07, 6.45) is 2.48. The summed E-state index contributed by atoms with van der Waals surface area (Å²) in [5.74, 6) is 0.280. The molecule has 0 amide bonds. The van der Waals surface area contributed by atoms with Gasteiger partial charge in [-0.2, -0.15) is 0 Å². The Hall–Kier alpha value is -1.68. The van der Waals surface area contributed by atoms with Crippen molar-refractivity contribution in [2.75, 3.05) is 13.1 Å². The molecule has 0 fully saturated rings. The van der Waals surface area contributed by atoms with Gasteiger partial charge in [-0.15, -0.1) is 0 Å². The molecule has 0 saturated heterocycles. The van der Waals surface area contributed by atoms with Crippen LogP contribution in [0.2, 0.25) is 0 Å². The summed E-state index contributed by atoms with van der Waals surface area (Å²) in [6, 6.07) is 6.15. The highest BCUT2D eigenvalue weighted by Crippen LogP contribution is 2.19. The first kappa shape index (κ1) is 14.7. The molecule has 2 rings (SSSR count). The van der Waals surface area contributed by atoms with Gasteiger partial charge in [-0.3, -0.25) is 0 Å². The summed E-state index contributed by atoms with van der Waals surface area (Å²) in [6.45, 7) is 8.43. The molecule has 4 heteroatoms. The quantitative estimate of drug-likeness (QED) is 0.847. The van der Waals surface area contributed by atoms with Crippen molar-refractivity contribution < 1.29 is 8.81 Å². The van der Waals surface area contributed by atoms with Crippen LogP contribution in [0, 0.1) is 11.2 Å². The van der Waals surface area contributed by atoms with Gasteiger partial charge in [0.05, 0.1) is 5.69 Å². The van der Waals surface area contributed by atoms with Crippen LogP contribution in [-0.2, 0) is 6.42 Å². The van der Waals surface area contributed by atoms with Gasteiger partial charge in [0, 0.05) is 25.1 Å². The van der Waals surface area contributed by atoms with Crippen LogP contribution in [0.1, 0.15) is 26.5 Å². The molecule has 108 valence electrons. The average Bonchev–Trinajstić information content (AvgIpc) is 2.83. The number of nitrogens with zero attached hydrogens (tertiary/aromatic N) is 1. The number of hydrogen-bond donors (Lipinski definition) is 1. The monoisotopic (exact) mass is 276 g/mol. The second-order valence-electron chi connectivity index (χ2n) is 6.14. The largest absolute Gasteiger partial charge is 0.444 e. The van der Waals surface area contributed by atoms with Crippen molar-refractivity contribution in [2.45, 2.75) is 27.2 Å². The topological polar surface area (TPSA) is 38.1 Å². The van der Waals surface area contributed by atoms with Crippen LogP contribution in [0.3, 0.4) is 0 Å². The molecule has 0 aliphatic rings. The molecule has 0 bridgehead atoms. The zero-order chi connectivity index (χ0) is 14.6. The van der Waals surface area contributed by atoms with E-state index in [-0.39, 0.29) is 11.2 Å². The van der Waals surface area contributed by atoms with E-state index in [0.717, 1.165) is 30.8 Å². The Kier molecular flexibility index (Phi) is 4.55. The predicted octanol–water partition coefficient (Wildman–Crippen LogP) is 3.66. The number of oxazole rings is 1. The molecule has 0 spiro atoms. The molecule has 0 saturated carbocycles. The summed E-state index contributed by atoms with van der Waals surface area (Å²) in [7, 11) is 0. The Morgan fingerprint density at radius 3 is 2.55 bits per heavy atom. The summed E-state index contributed by atoms with van der Waals surface area (Å²) in [4.78, 5) is 4.42. The fraction of sp³-hybridized carbons (Fsp3) is 0.438. The SMILES string of the molecule is CC(C)(C)CNCCc1coc(-c2ccc(F)cc2)n1. The van der Waals surface area contributed by atoms with E-state index in [9.17, 15) is 4.39 Å². The molecular weight excluding hydrogens is 255 g/mol. The number of aromatic nitrogens is 1. The smallest absolute Gasteiger partial charge is 0.226 e. The molecule has 0 aliphatic heterocycles. The minimum atomic E-state index is -0.257. The number of hydrogen-bond acceptors (Lipinski definition) is 3. The molecule has 1 aromatic heterocycles. The van der Waals surface area contributed by atoms with Crippen molar-refractivity contribution >= 4 is 0 Å². The third-order valence-corrected chi connectivity index (χ3v) is 2.86. The Balaban J connectivity index is 1.88. The lowest BCUT2D eigenvalue weighted by atomic mass is 9.97. The lowest BCUT2D eigenvalue weighted by Crippen LogP contribution is -2.28. The number of nitrogens with one attached hydrogen (secondary N) is 1. The zero-order valence-electron chi connectivity index (χ0n) is 12.2. The number of benzene rings is 1. The van der Waals surface area contributed by atoms with Gasteiger partial charge in [-0.05, 0) is 29.7 Å². The van der Waals surface area contributed by atoms with Crippen LogP contribution >= 0.6 is 0 Å². The molecule has 0 radical (unpaired) electrons. The van der Waals surface area contributed by atoms with E-state index in [2.05, 4.69) is 31.1 Å². The summed E-state index contributed by atoms with van der Waals surface area (Å²) >= 11 is 0. The second-order valence-corrected chi connectivity index (χ2v) is 6.14. The number of rotatable bonds is 5. The maximum absolute atomic E-state index is 12.9. The van der Waals surface area contributed by atoms with Gasteiger partial charge in [0.2, 0.25) is 5.89 Å². The molecule has 3 nitrogen and oxygen atoms in total. The average molecular weight is 276 g/mol. The maximum atomic E-state index is 12.9. The highest BCUT2D eigenvalue weighted by Gasteiger charge is 2.10. The van der Waals surface area contributed by atoms with E-state index < -0.39 is 0 Å². The third kappa shape index (κ3) is 4.46. The van der Waals surface area contributed by atoms with Crippen molar-refractivity contribution in [2.24, 2.45) is 5.41 Å². The maximum Gasteiger partial charge on any atom is 0.226 e. The van der Waals surface area contributed by atoms with Crippen LogP contribution in [0.15, 0.2) is 34.9 Å². The molecule has 0 unspecified atom stereocenters. The first-order valence-corrected chi connectivity index (χ1v) is 6.85. The Labute approximate surface area is 119 Å². The molecule has 1 heterocycles. The lowest BCUT2D eigenvalue weighted by molar-refractivity contribution is 0.381. The van der Waals surface area contributed by atoms with Gasteiger partial charge in [0.25, 0.3) is 0 Å². The lowest BCUT2D eigenvalue weighted by Gasteiger charge is -2.18. The summed E-state index contributed by atoms with van der Waals surface area (Å²) in [5, 5.41) is 3.40. The Morgan fingerprint density at radius 1 is 1.20 bits per heavy atom. The second kappa shape index (κ2) is 6.18. The zero-order valence-corrected chi connectivity index (χ0v) is 12.2. The van der Waals surface area contributed by atoms with E-state index in [1.165, 1.54) is 12.1 Å². The standard InChI is InChI=1S/C16H21FN2O/c1-16(2,3)11-18-9-8-14-10-20-15(19-14)12-4-6-13(17)7-5-12/h4-7,10,18H,8-9,11H2,1-3H3. The van der Waals surface area contributed by atoms with Crippen LogP contribution in [-0.4, -0.2) is 18.1 Å². The molecule has 2 aromatic rings. The van der Waals surface area contributed by atoms with Crippen LogP contribution in [0.5, 0.6) is 0 Å². The first-order chi connectivity index (χ1) is 9.44. The first-order valence-electron chi connectivity index (χ1n) is 6.85. The molecule has 1 N–H and O–H groups in total. The molecule has 1 aromatic carbocycles. The van der Waals surface area contributed by atoms with Gasteiger partial charge in [0.1, 0.15) is 12.1 Å². The van der Waals surface area contributed by atoms with Crippen molar-refractivity contribution in [3.63, 3.8) is 0 Å². The van der Waals surface area contributed by atoms with Gasteiger partial charge >= 0.3 is 0 Å². The van der Waals surface area contributed by atoms with E-state index in [4.69, 9.17) is 4.42 Å². The fourth-order valence-electron chi connectivity index (χ4n) is 1.83. The molecule has 20 heavy (non-hydrogen) atoms. The predicted molar refractivity (Wildman–Crippen MR) is 77.9 cm³/mol. The van der Waals surface area contributed by atoms with Crippen LogP contribution in [0.25, 0.3) is 11.5 Å². The van der Waals surface area contributed by atoms with Gasteiger partial charge < -0.3 is 9.73 Å². The van der Waals surface area contributed by atoms with E-state index in [0.29, 0.717) is 5.89 Å². The van der Waals surface area contributed by atoms with E-state index in [1.807, 2.05) is 0 Å². The number of halogens is 1. The third-order valence-electron chi connectivity index (χ3n) is 2.86. The molecular formula is C16H21FN2O. The van der Waals surface area contributed by atoms with Crippen molar-refractivity contribution in [1.82, 2.24) is 10.3 Å².